The first-order valence-corrected chi connectivity index (χ1v) is 9.20. The molecule has 0 spiro atoms. The number of hydrogen-bond acceptors (Lipinski definition) is 2. The lowest BCUT2D eigenvalue weighted by molar-refractivity contribution is -0.0834. The van der Waals surface area contributed by atoms with Gasteiger partial charge in [0.2, 0.25) is 0 Å². The van der Waals surface area contributed by atoms with Crippen molar-refractivity contribution in [1.29, 1.82) is 0 Å². The van der Waals surface area contributed by atoms with Crippen LogP contribution in [0.25, 0.3) is 0 Å². The quantitative estimate of drug-likeness (QED) is 0.751. The van der Waals surface area contributed by atoms with Crippen LogP contribution in [-0.2, 0) is 4.74 Å². The van der Waals surface area contributed by atoms with E-state index in [2.05, 4.69) is 46.9 Å². The number of ether oxygens (including phenoxy) is 1. The molecule has 0 aromatic heterocycles. The molecule has 0 bridgehead atoms. The molecule has 124 valence electrons. The Morgan fingerprint density at radius 3 is 2.14 bits per heavy atom. The van der Waals surface area contributed by atoms with Crippen LogP contribution in [0.15, 0.2) is 0 Å². The van der Waals surface area contributed by atoms with Crippen LogP contribution < -0.4 is 5.32 Å². The fraction of sp³-hybridized carbons (Fsp3) is 1.00. The highest BCUT2D eigenvalue weighted by molar-refractivity contribution is 5.06. The van der Waals surface area contributed by atoms with Crippen molar-refractivity contribution in [2.75, 3.05) is 6.54 Å². The van der Waals surface area contributed by atoms with E-state index in [1.807, 2.05) is 0 Å². The van der Waals surface area contributed by atoms with Crippen molar-refractivity contribution in [2.45, 2.75) is 104 Å². The molecule has 2 aliphatic rings. The fourth-order valence-electron chi connectivity index (χ4n) is 5.17. The smallest absolute Gasteiger partial charge is 0.0677 e. The highest BCUT2D eigenvalue weighted by Crippen LogP contribution is 2.53. The largest absolute Gasteiger partial charge is 0.369 e. The highest BCUT2D eigenvalue weighted by Gasteiger charge is 2.54. The van der Waals surface area contributed by atoms with Gasteiger partial charge in [-0.25, -0.2) is 0 Å². The molecule has 0 aromatic carbocycles. The highest BCUT2D eigenvalue weighted by atomic mass is 16.5. The van der Waals surface area contributed by atoms with Crippen LogP contribution in [0.5, 0.6) is 0 Å². The topological polar surface area (TPSA) is 21.3 Å². The molecule has 1 aliphatic carbocycles. The summed E-state index contributed by atoms with van der Waals surface area (Å²) in [6.45, 7) is 15.0. The molecule has 0 radical (unpaired) electrons. The Labute approximate surface area is 132 Å². The normalized spacial score (nSPS) is 31.4. The average Bonchev–Trinajstić information content (AvgIpc) is 2.93. The zero-order valence-electron chi connectivity index (χ0n) is 15.2. The van der Waals surface area contributed by atoms with Crippen LogP contribution in [0.4, 0.5) is 0 Å². The van der Waals surface area contributed by atoms with Gasteiger partial charge < -0.3 is 10.1 Å². The Hall–Kier alpha value is -0.0800. The van der Waals surface area contributed by atoms with Gasteiger partial charge >= 0.3 is 0 Å². The minimum Gasteiger partial charge on any atom is -0.369 e. The van der Waals surface area contributed by atoms with Crippen molar-refractivity contribution in [2.24, 2.45) is 11.3 Å². The van der Waals surface area contributed by atoms with E-state index in [1.54, 1.807) is 0 Å². The van der Waals surface area contributed by atoms with Gasteiger partial charge in [0.25, 0.3) is 0 Å². The summed E-state index contributed by atoms with van der Waals surface area (Å²) in [7, 11) is 0. The van der Waals surface area contributed by atoms with Gasteiger partial charge in [0.15, 0.2) is 0 Å². The van der Waals surface area contributed by atoms with E-state index in [9.17, 15) is 0 Å². The Morgan fingerprint density at radius 2 is 1.71 bits per heavy atom. The third kappa shape index (κ3) is 3.47. The predicted molar refractivity (Wildman–Crippen MR) is 90.6 cm³/mol. The predicted octanol–water partition coefficient (Wildman–Crippen LogP) is 4.92. The zero-order chi connectivity index (χ0) is 15.7. The van der Waals surface area contributed by atoms with Gasteiger partial charge in [-0.3, -0.25) is 0 Å². The van der Waals surface area contributed by atoms with Gasteiger partial charge in [-0.15, -0.1) is 0 Å². The van der Waals surface area contributed by atoms with E-state index >= 15 is 0 Å². The molecule has 1 saturated carbocycles. The van der Waals surface area contributed by atoms with Crippen LogP contribution in [0.2, 0.25) is 0 Å². The SMILES string of the molecule is CCCNC(C1CC(C)(C)OC1(C)C)C1(CC)CCCC1. The first-order chi connectivity index (χ1) is 9.76. The molecule has 2 fully saturated rings. The second kappa shape index (κ2) is 6.20. The number of rotatable bonds is 6. The fourth-order valence-corrected chi connectivity index (χ4v) is 5.17. The molecule has 0 amide bonds. The Balaban J connectivity index is 2.27. The van der Waals surface area contributed by atoms with Gasteiger partial charge in [0, 0.05) is 12.0 Å². The molecule has 2 atom stereocenters. The van der Waals surface area contributed by atoms with Crippen LogP contribution in [0.1, 0.15) is 86.5 Å². The third-order valence-corrected chi connectivity index (χ3v) is 6.12. The molecule has 21 heavy (non-hydrogen) atoms. The Morgan fingerprint density at radius 1 is 1.10 bits per heavy atom. The molecule has 1 heterocycles. The van der Waals surface area contributed by atoms with Crippen molar-refractivity contribution in [3.05, 3.63) is 0 Å². The second-order valence-electron chi connectivity index (χ2n) is 8.63. The van der Waals surface area contributed by atoms with Gasteiger partial charge in [-0.05, 0) is 71.8 Å². The lowest BCUT2D eigenvalue weighted by Gasteiger charge is -2.45. The molecular formula is C19H37NO. The zero-order valence-corrected chi connectivity index (χ0v) is 15.2. The van der Waals surface area contributed by atoms with Crippen molar-refractivity contribution in [3.63, 3.8) is 0 Å². The molecular weight excluding hydrogens is 258 g/mol. The molecule has 2 unspecified atom stereocenters. The maximum absolute atomic E-state index is 6.42. The molecule has 2 nitrogen and oxygen atoms in total. The van der Waals surface area contributed by atoms with Crippen molar-refractivity contribution in [3.8, 4) is 0 Å². The minimum atomic E-state index is -0.0142. The van der Waals surface area contributed by atoms with Gasteiger partial charge in [-0.2, -0.15) is 0 Å². The Kier molecular flexibility index (Phi) is 5.10. The second-order valence-corrected chi connectivity index (χ2v) is 8.63. The van der Waals surface area contributed by atoms with E-state index in [0.29, 0.717) is 17.4 Å². The van der Waals surface area contributed by atoms with E-state index in [1.165, 1.54) is 44.9 Å². The summed E-state index contributed by atoms with van der Waals surface area (Å²) in [5.41, 5.74) is 0.508. The minimum absolute atomic E-state index is 0.0142. The van der Waals surface area contributed by atoms with Crippen molar-refractivity contribution >= 4 is 0 Å². The standard InChI is InChI=1S/C19H37NO/c1-7-13-20-16(19(8-2)11-9-10-12-19)15-14-17(3,4)21-18(15,5)6/h15-16,20H,7-14H2,1-6H3. The first-order valence-electron chi connectivity index (χ1n) is 9.20. The third-order valence-electron chi connectivity index (χ3n) is 6.12. The summed E-state index contributed by atoms with van der Waals surface area (Å²) >= 11 is 0. The van der Waals surface area contributed by atoms with Crippen molar-refractivity contribution in [1.82, 2.24) is 5.32 Å². The van der Waals surface area contributed by atoms with E-state index in [4.69, 9.17) is 4.74 Å². The summed E-state index contributed by atoms with van der Waals surface area (Å²) in [4.78, 5) is 0. The van der Waals surface area contributed by atoms with Gasteiger partial charge in [-0.1, -0.05) is 26.7 Å². The van der Waals surface area contributed by atoms with Gasteiger partial charge in [0.05, 0.1) is 11.2 Å². The maximum atomic E-state index is 6.42. The summed E-state index contributed by atoms with van der Waals surface area (Å²) in [6, 6.07) is 0.613. The van der Waals surface area contributed by atoms with Crippen LogP contribution in [-0.4, -0.2) is 23.8 Å². The molecule has 2 heteroatoms. The molecule has 2 rings (SSSR count). The van der Waals surface area contributed by atoms with Gasteiger partial charge in [0.1, 0.15) is 0 Å². The first kappa shape index (κ1) is 17.3. The molecule has 1 saturated heterocycles. The maximum Gasteiger partial charge on any atom is 0.0677 e. The number of hydrogen-bond donors (Lipinski definition) is 1. The average molecular weight is 296 g/mol. The van der Waals surface area contributed by atoms with E-state index < -0.39 is 0 Å². The van der Waals surface area contributed by atoms with Crippen LogP contribution >= 0.6 is 0 Å². The van der Waals surface area contributed by atoms with E-state index in [0.717, 1.165) is 6.54 Å². The summed E-state index contributed by atoms with van der Waals surface area (Å²) in [5.74, 6) is 0.622. The number of nitrogens with one attached hydrogen (secondary N) is 1. The Bertz CT molecular complexity index is 341. The summed E-state index contributed by atoms with van der Waals surface area (Å²) in [6.07, 6.45) is 9.33. The van der Waals surface area contributed by atoms with Crippen LogP contribution in [0, 0.1) is 11.3 Å². The van der Waals surface area contributed by atoms with Crippen molar-refractivity contribution < 1.29 is 4.74 Å². The monoisotopic (exact) mass is 295 g/mol. The molecule has 1 N–H and O–H groups in total. The molecule has 0 aromatic rings. The lowest BCUT2D eigenvalue weighted by atomic mass is 9.66. The van der Waals surface area contributed by atoms with E-state index in [-0.39, 0.29) is 11.2 Å². The summed E-state index contributed by atoms with van der Waals surface area (Å²) < 4.78 is 6.42. The summed E-state index contributed by atoms with van der Waals surface area (Å²) in [5, 5.41) is 3.96. The molecule has 1 aliphatic heterocycles. The lowest BCUT2D eigenvalue weighted by Crippen LogP contribution is -2.53. The van der Waals surface area contributed by atoms with Crippen LogP contribution in [0.3, 0.4) is 0 Å².